The molecule has 0 unspecified atom stereocenters. The van der Waals surface area contributed by atoms with Crippen LogP contribution < -0.4 is 15.5 Å². The Labute approximate surface area is 197 Å². The first-order valence-electron chi connectivity index (χ1n) is 10.8. The molecule has 1 heterocycles. The second-order valence-corrected chi connectivity index (χ2v) is 7.95. The third kappa shape index (κ3) is 6.88. The molecule has 0 aliphatic rings. The van der Waals surface area contributed by atoms with Gasteiger partial charge in [0.05, 0.1) is 25.6 Å². The third-order valence-electron chi connectivity index (χ3n) is 4.92. The van der Waals surface area contributed by atoms with Crippen molar-refractivity contribution < 1.29 is 23.8 Å². The molecule has 2 amide bonds. The van der Waals surface area contributed by atoms with Gasteiger partial charge in [-0.3, -0.25) is 19.7 Å². The van der Waals surface area contributed by atoms with Crippen LogP contribution >= 0.6 is 0 Å². The number of benzene rings is 2. The van der Waals surface area contributed by atoms with Gasteiger partial charge in [-0.25, -0.2) is 0 Å². The Kier molecular flexibility index (Phi) is 8.31. The summed E-state index contributed by atoms with van der Waals surface area (Å²) in [7, 11) is 4.06. The zero-order chi connectivity index (χ0) is 24.5. The summed E-state index contributed by atoms with van der Waals surface area (Å²) in [5.41, 5.74) is 0.917. The molecule has 3 aromatic rings. The van der Waals surface area contributed by atoms with Crippen LogP contribution in [-0.2, 0) is 4.79 Å². The lowest BCUT2D eigenvalue weighted by Crippen LogP contribution is -3.05. The van der Waals surface area contributed by atoms with Crippen LogP contribution in [0.4, 0.5) is 5.69 Å². The molecule has 0 radical (unpaired) electrons. The maximum atomic E-state index is 12.8. The van der Waals surface area contributed by atoms with Gasteiger partial charge in [0.25, 0.3) is 17.5 Å². The highest BCUT2D eigenvalue weighted by Gasteiger charge is 2.16. The summed E-state index contributed by atoms with van der Waals surface area (Å²) in [4.78, 5) is 37.4. The van der Waals surface area contributed by atoms with E-state index in [9.17, 15) is 19.7 Å². The van der Waals surface area contributed by atoms with E-state index in [1.807, 2.05) is 14.1 Å². The van der Waals surface area contributed by atoms with Gasteiger partial charge in [-0.1, -0.05) is 30.3 Å². The van der Waals surface area contributed by atoms with Crippen LogP contribution in [0.3, 0.4) is 0 Å². The van der Waals surface area contributed by atoms with Crippen LogP contribution in [0.1, 0.15) is 22.5 Å². The summed E-state index contributed by atoms with van der Waals surface area (Å²) in [5.74, 6) is -0.146. The normalized spacial score (nSPS) is 11.3. The van der Waals surface area contributed by atoms with E-state index < -0.39 is 16.7 Å². The number of hydrogen-bond donors (Lipinski definition) is 3. The number of nitrogens with zero attached hydrogens (tertiary/aromatic N) is 1. The quantitative estimate of drug-likeness (QED) is 0.184. The number of rotatable bonds is 10. The highest BCUT2D eigenvalue weighted by molar-refractivity contribution is 6.05. The van der Waals surface area contributed by atoms with Crippen LogP contribution in [0.2, 0.25) is 0 Å². The van der Waals surface area contributed by atoms with Gasteiger partial charge >= 0.3 is 0 Å². The summed E-state index contributed by atoms with van der Waals surface area (Å²) in [5, 5.41) is 16.5. The largest absolute Gasteiger partial charge is 0.457 e. The lowest BCUT2D eigenvalue weighted by Gasteiger charge is -2.11. The SMILES string of the molecule is C[NH+](C)CCCNC(=O)/C(=C/c1ccc(-c2cccc([N+](=O)[O-])c2)o1)NC(=O)c1ccccc1. The van der Waals surface area contributed by atoms with Gasteiger partial charge in [-0.05, 0) is 24.3 Å². The molecular formula is C25H27N4O5+. The van der Waals surface area contributed by atoms with E-state index in [1.54, 1.807) is 54.6 Å². The molecule has 34 heavy (non-hydrogen) atoms. The first-order chi connectivity index (χ1) is 16.3. The second-order valence-electron chi connectivity index (χ2n) is 7.95. The van der Waals surface area contributed by atoms with Gasteiger partial charge in [-0.2, -0.15) is 0 Å². The predicted molar refractivity (Wildman–Crippen MR) is 128 cm³/mol. The minimum Gasteiger partial charge on any atom is -0.457 e. The number of nitro benzene ring substituents is 1. The fourth-order valence-corrected chi connectivity index (χ4v) is 3.18. The number of nitrogens with one attached hydrogen (secondary N) is 3. The summed E-state index contributed by atoms with van der Waals surface area (Å²) < 4.78 is 5.80. The zero-order valence-electron chi connectivity index (χ0n) is 19.0. The van der Waals surface area contributed by atoms with Crippen LogP contribution in [0.5, 0.6) is 0 Å². The molecule has 0 saturated heterocycles. The smallest absolute Gasteiger partial charge is 0.270 e. The summed E-state index contributed by atoms with van der Waals surface area (Å²) >= 11 is 0. The zero-order valence-corrected chi connectivity index (χ0v) is 19.0. The summed E-state index contributed by atoms with van der Waals surface area (Å²) in [6, 6.07) is 17.9. The molecule has 0 aliphatic carbocycles. The minimum absolute atomic E-state index is 0.0333. The number of carbonyl (C=O) groups excluding carboxylic acids is 2. The number of quaternary nitrogens is 1. The monoisotopic (exact) mass is 463 g/mol. The van der Waals surface area contributed by atoms with Crippen molar-refractivity contribution in [2.24, 2.45) is 0 Å². The Balaban J connectivity index is 1.82. The molecule has 3 rings (SSSR count). The molecule has 0 fully saturated rings. The van der Waals surface area contributed by atoms with E-state index in [0.717, 1.165) is 13.0 Å². The van der Waals surface area contributed by atoms with E-state index >= 15 is 0 Å². The van der Waals surface area contributed by atoms with E-state index in [-0.39, 0.29) is 11.4 Å². The molecule has 176 valence electrons. The third-order valence-corrected chi connectivity index (χ3v) is 4.92. The molecule has 0 bridgehead atoms. The summed E-state index contributed by atoms with van der Waals surface area (Å²) in [6.45, 7) is 1.35. The van der Waals surface area contributed by atoms with Crippen LogP contribution in [0.15, 0.2) is 76.8 Å². The Morgan fingerprint density at radius 3 is 2.53 bits per heavy atom. The van der Waals surface area contributed by atoms with Crippen molar-refractivity contribution in [2.45, 2.75) is 6.42 Å². The molecule has 3 N–H and O–H groups in total. The molecular weight excluding hydrogens is 436 g/mol. The Morgan fingerprint density at radius 1 is 1.06 bits per heavy atom. The molecule has 9 nitrogen and oxygen atoms in total. The maximum Gasteiger partial charge on any atom is 0.270 e. The van der Waals surface area contributed by atoms with Crippen molar-refractivity contribution in [3.8, 4) is 11.3 Å². The van der Waals surface area contributed by atoms with Crippen LogP contribution in [0.25, 0.3) is 17.4 Å². The highest BCUT2D eigenvalue weighted by atomic mass is 16.6. The van der Waals surface area contributed by atoms with E-state index in [1.165, 1.54) is 23.1 Å². The van der Waals surface area contributed by atoms with Crippen molar-refractivity contribution >= 4 is 23.6 Å². The van der Waals surface area contributed by atoms with Gasteiger partial charge in [0.15, 0.2) is 0 Å². The molecule has 1 aromatic heterocycles. The van der Waals surface area contributed by atoms with E-state index in [4.69, 9.17) is 4.42 Å². The van der Waals surface area contributed by atoms with Crippen molar-refractivity contribution in [3.05, 3.63) is 93.9 Å². The lowest BCUT2D eigenvalue weighted by atomic mass is 10.1. The predicted octanol–water partition coefficient (Wildman–Crippen LogP) is 2.28. The second kappa shape index (κ2) is 11.6. The fourth-order valence-electron chi connectivity index (χ4n) is 3.18. The van der Waals surface area contributed by atoms with E-state index in [2.05, 4.69) is 10.6 Å². The number of nitro groups is 1. The maximum absolute atomic E-state index is 12.8. The average molecular weight is 464 g/mol. The number of carbonyl (C=O) groups is 2. The summed E-state index contributed by atoms with van der Waals surface area (Å²) in [6.07, 6.45) is 2.22. The van der Waals surface area contributed by atoms with Gasteiger partial charge in [-0.15, -0.1) is 0 Å². The highest BCUT2D eigenvalue weighted by Crippen LogP contribution is 2.26. The van der Waals surface area contributed by atoms with Crippen molar-refractivity contribution in [2.75, 3.05) is 27.2 Å². The van der Waals surface area contributed by atoms with Crippen LogP contribution in [0, 0.1) is 10.1 Å². The Hall–Kier alpha value is -4.24. The fraction of sp³-hybridized carbons (Fsp3) is 0.200. The van der Waals surface area contributed by atoms with Crippen LogP contribution in [-0.4, -0.2) is 43.9 Å². The number of hydrogen-bond acceptors (Lipinski definition) is 5. The minimum atomic E-state index is -0.480. The van der Waals surface area contributed by atoms with Gasteiger partial charge in [0.1, 0.15) is 17.2 Å². The van der Waals surface area contributed by atoms with Crippen molar-refractivity contribution in [3.63, 3.8) is 0 Å². The Bertz CT molecular complexity index is 1180. The standard InChI is InChI=1S/C25H26N4O5/c1-28(2)15-7-14-26-25(31)22(27-24(30)18-8-4-3-5-9-18)17-21-12-13-23(34-21)19-10-6-11-20(16-19)29(32)33/h3-6,8-13,16-17H,7,14-15H2,1-2H3,(H,26,31)(H,27,30)/p+1/b22-17-. The molecule has 0 spiro atoms. The van der Waals surface area contributed by atoms with Gasteiger partial charge in [0.2, 0.25) is 0 Å². The average Bonchev–Trinajstić information content (AvgIpc) is 3.30. The topological polar surface area (TPSA) is 119 Å². The van der Waals surface area contributed by atoms with Gasteiger partial charge < -0.3 is 20.0 Å². The number of furan rings is 1. The Morgan fingerprint density at radius 2 is 1.82 bits per heavy atom. The van der Waals surface area contributed by atoms with Gasteiger partial charge in [0, 0.05) is 42.3 Å². The number of amides is 2. The molecule has 0 saturated carbocycles. The molecule has 2 aromatic carbocycles. The first kappa shape index (κ1) is 24.4. The van der Waals surface area contributed by atoms with E-state index in [0.29, 0.717) is 29.2 Å². The molecule has 9 heteroatoms. The molecule has 0 atom stereocenters. The van der Waals surface area contributed by atoms with Crippen molar-refractivity contribution in [1.29, 1.82) is 0 Å². The first-order valence-corrected chi connectivity index (χ1v) is 10.8. The lowest BCUT2D eigenvalue weighted by molar-refractivity contribution is -0.858. The molecule has 0 aliphatic heterocycles. The number of non-ortho nitro benzene ring substituents is 1. The van der Waals surface area contributed by atoms with Crippen molar-refractivity contribution in [1.82, 2.24) is 10.6 Å².